The van der Waals surface area contributed by atoms with Crippen molar-refractivity contribution in [2.24, 2.45) is 0 Å². The van der Waals surface area contributed by atoms with E-state index in [1.807, 2.05) is 10.9 Å². The van der Waals surface area contributed by atoms with Gasteiger partial charge < -0.3 is 5.32 Å². The lowest BCUT2D eigenvalue weighted by Gasteiger charge is -2.06. The Hall–Kier alpha value is -1.09. The first-order chi connectivity index (χ1) is 7.31. The summed E-state index contributed by atoms with van der Waals surface area (Å²) in [6, 6.07) is 2.06. The van der Waals surface area contributed by atoms with E-state index in [0.29, 0.717) is 0 Å². The Bertz CT molecular complexity index is 312. The van der Waals surface area contributed by atoms with Gasteiger partial charge in [0.05, 0.1) is 5.69 Å². The number of nitrogens with one attached hydrogen (secondary N) is 1. The summed E-state index contributed by atoms with van der Waals surface area (Å²) in [7, 11) is 0. The Morgan fingerprint density at radius 1 is 1.47 bits per heavy atom. The molecule has 0 unspecified atom stereocenters. The molecular weight excluding hydrogens is 186 g/mol. The standard InChI is InChI=1S/C12H21N3/c1-4-11(10-13-5-2)9-12-7-8-14-15(12)6-3/h7-9,13H,4-6,10H2,1-3H3. The maximum atomic E-state index is 4.25. The molecule has 84 valence electrons. The highest BCUT2D eigenvalue weighted by molar-refractivity contribution is 5.49. The van der Waals surface area contributed by atoms with Gasteiger partial charge in [-0.25, -0.2) is 0 Å². The molecule has 0 saturated heterocycles. The third kappa shape index (κ3) is 3.51. The van der Waals surface area contributed by atoms with Crippen molar-refractivity contribution < 1.29 is 0 Å². The average Bonchev–Trinajstić information content (AvgIpc) is 2.71. The molecule has 1 N–H and O–H groups in total. The summed E-state index contributed by atoms with van der Waals surface area (Å²) in [6.45, 7) is 9.35. The largest absolute Gasteiger partial charge is 0.313 e. The molecule has 0 aromatic carbocycles. The second kappa shape index (κ2) is 6.40. The number of likely N-dealkylation sites (N-methyl/N-ethyl adjacent to an activating group) is 1. The number of rotatable bonds is 6. The zero-order chi connectivity index (χ0) is 11.1. The Morgan fingerprint density at radius 2 is 2.27 bits per heavy atom. The van der Waals surface area contributed by atoms with Crippen molar-refractivity contribution in [2.45, 2.75) is 33.7 Å². The van der Waals surface area contributed by atoms with Gasteiger partial charge in [0, 0.05) is 19.3 Å². The monoisotopic (exact) mass is 207 g/mol. The highest BCUT2D eigenvalue weighted by atomic mass is 15.3. The number of nitrogens with zero attached hydrogens (tertiary/aromatic N) is 2. The average molecular weight is 207 g/mol. The van der Waals surface area contributed by atoms with E-state index in [-0.39, 0.29) is 0 Å². The number of aromatic nitrogens is 2. The molecule has 3 heteroatoms. The van der Waals surface area contributed by atoms with Gasteiger partial charge >= 0.3 is 0 Å². The van der Waals surface area contributed by atoms with Crippen molar-refractivity contribution in [3.63, 3.8) is 0 Å². The van der Waals surface area contributed by atoms with Gasteiger partial charge in [-0.2, -0.15) is 5.10 Å². The van der Waals surface area contributed by atoms with Crippen LogP contribution in [0, 0.1) is 0 Å². The molecule has 1 heterocycles. The van der Waals surface area contributed by atoms with Gasteiger partial charge in [0.2, 0.25) is 0 Å². The van der Waals surface area contributed by atoms with Gasteiger partial charge in [0.25, 0.3) is 0 Å². The molecule has 1 aromatic rings. The maximum absolute atomic E-state index is 4.25. The summed E-state index contributed by atoms with van der Waals surface area (Å²) in [6.07, 6.45) is 5.18. The Balaban J connectivity index is 2.73. The molecule has 0 amide bonds. The first-order valence-electron chi connectivity index (χ1n) is 5.73. The fourth-order valence-electron chi connectivity index (χ4n) is 1.50. The van der Waals surface area contributed by atoms with Crippen LogP contribution in [0.1, 0.15) is 32.9 Å². The molecular formula is C12H21N3. The van der Waals surface area contributed by atoms with Gasteiger partial charge in [-0.05, 0) is 32.0 Å². The summed E-state index contributed by atoms with van der Waals surface area (Å²) in [4.78, 5) is 0. The van der Waals surface area contributed by atoms with Crippen LogP contribution >= 0.6 is 0 Å². The van der Waals surface area contributed by atoms with Crippen LogP contribution in [0.15, 0.2) is 17.8 Å². The Kier molecular flexibility index (Phi) is 5.12. The molecule has 0 fully saturated rings. The minimum absolute atomic E-state index is 0.928. The zero-order valence-electron chi connectivity index (χ0n) is 9.95. The molecule has 0 spiro atoms. The van der Waals surface area contributed by atoms with E-state index >= 15 is 0 Å². The summed E-state index contributed by atoms with van der Waals surface area (Å²) in [5.41, 5.74) is 2.62. The second-order valence-corrected chi connectivity index (χ2v) is 3.51. The van der Waals surface area contributed by atoms with Crippen LogP contribution in [-0.4, -0.2) is 22.9 Å². The third-order valence-corrected chi connectivity index (χ3v) is 2.46. The van der Waals surface area contributed by atoms with Crippen molar-refractivity contribution in [1.82, 2.24) is 15.1 Å². The number of hydrogen-bond donors (Lipinski definition) is 1. The van der Waals surface area contributed by atoms with Crippen LogP contribution in [0.5, 0.6) is 0 Å². The third-order valence-electron chi connectivity index (χ3n) is 2.46. The van der Waals surface area contributed by atoms with Crippen molar-refractivity contribution in [1.29, 1.82) is 0 Å². The molecule has 0 atom stereocenters. The summed E-state index contributed by atoms with van der Waals surface area (Å²) in [5.74, 6) is 0. The van der Waals surface area contributed by atoms with Crippen molar-refractivity contribution in [3.05, 3.63) is 23.5 Å². The topological polar surface area (TPSA) is 29.9 Å². The van der Waals surface area contributed by atoms with E-state index in [9.17, 15) is 0 Å². The number of hydrogen-bond acceptors (Lipinski definition) is 2. The van der Waals surface area contributed by atoms with Crippen LogP contribution in [0.3, 0.4) is 0 Å². The molecule has 0 radical (unpaired) electrons. The van der Waals surface area contributed by atoms with E-state index < -0.39 is 0 Å². The Morgan fingerprint density at radius 3 is 2.87 bits per heavy atom. The number of aryl methyl sites for hydroxylation is 1. The minimum atomic E-state index is 0.928. The van der Waals surface area contributed by atoms with Crippen LogP contribution in [0.2, 0.25) is 0 Å². The van der Waals surface area contributed by atoms with Crippen LogP contribution in [0.25, 0.3) is 6.08 Å². The van der Waals surface area contributed by atoms with Gasteiger partial charge in [-0.3, -0.25) is 4.68 Å². The van der Waals surface area contributed by atoms with Gasteiger partial charge in [-0.15, -0.1) is 0 Å². The molecule has 3 nitrogen and oxygen atoms in total. The van der Waals surface area contributed by atoms with Gasteiger partial charge in [-0.1, -0.05) is 19.4 Å². The molecule has 1 aromatic heterocycles. The quantitative estimate of drug-likeness (QED) is 0.775. The second-order valence-electron chi connectivity index (χ2n) is 3.51. The first kappa shape index (κ1) is 12.0. The van der Waals surface area contributed by atoms with Crippen molar-refractivity contribution in [2.75, 3.05) is 13.1 Å². The summed E-state index contributed by atoms with van der Waals surface area (Å²) < 4.78 is 2.02. The van der Waals surface area contributed by atoms with Gasteiger partial charge in [0.1, 0.15) is 0 Å². The molecule has 0 aliphatic heterocycles. The molecule has 0 bridgehead atoms. The van der Waals surface area contributed by atoms with E-state index in [1.54, 1.807) is 0 Å². The predicted molar refractivity (Wildman–Crippen MR) is 64.7 cm³/mol. The lowest BCUT2D eigenvalue weighted by Crippen LogP contribution is -2.16. The lowest BCUT2D eigenvalue weighted by molar-refractivity contribution is 0.652. The lowest BCUT2D eigenvalue weighted by atomic mass is 10.1. The highest BCUT2D eigenvalue weighted by Crippen LogP contribution is 2.08. The smallest absolute Gasteiger partial charge is 0.0609 e. The fourth-order valence-corrected chi connectivity index (χ4v) is 1.50. The van der Waals surface area contributed by atoms with E-state index in [4.69, 9.17) is 0 Å². The molecule has 15 heavy (non-hydrogen) atoms. The highest BCUT2D eigenvalue weighted by Gasteiger charge is 1.99. The van der Waals surface area contributed by atoms with E-state index in [1.165, 1.54) is 11.3 Å². The van der Waals surface area contributed by atoms with E-state index in [0.717, 1.165) is 26.1 Å². The SMILES string of the molecule is CCNCC(=Cc1ccnn1CC)CC. The maximum Gasteiger partial charge on any atom is 0.0609 e. The van der Waals surface area contributed by atoms with Gasteiger partial charge in [0.15, 0.2) is 0 Å². The van der Waals surface area contributed by atoms with Crippen LogP contribution in [0.4, 0.5) is 0 Å². The van der Waals surface area contributed by atoms with Crippen LogP contribution in [-0.2, 0) is 6.54 Å². The molecule has 1 rings (SSSR count). The fraction of sp³-hybridized carbons (Fsp3) is 0.583. The summed E-state index contributed by atoms with van der Waals surface area (Å²) >= 11 is 0. The predicted octanol–water partition coefficient (Wildman–Crippen LogP) is 2.31. The van der Waals surface area contributed by atoms with Crippen molar-refractivity contribution in [3.8, 4) is 0 Å². The van der Waals surface area contributed by atoms with Crippen molar-refractivity contribution >= 4 is 6.08 Å². The first-order valence-corrected chi connectivity index (χ1v) is 5.73. The Labute approximate surface area is 92.2 Å². The normalized spacial score (nSPS) is 12.1. The molecule has 0 aliphatic rings. The van der Waals surface area contributed by atoms with E-state index in [2.05, 4.69) is 43.3 Å². The minimum Gasteiger partial charge on any atom is -0.313 e. The van der Waals surface area contributed by atoms with Crippen LogP contribution < -0.4 is 5.32 Å². The molecule has 0 aliphatic carbocycles. The molecule has 0 saturated carbocycles. The zero-order valence-corrected chi connectivity index (χ0v) is 9.95. The summed E-state index contributed by atoms with van der Waals surface area (Å²) in [5, 5.41) is 7.61.